The van der Waals surface area contributed by atoms with Crippen LogP contribution in [-0.2, 0) is 13.5 Å². The van der Waals surface area contributed by atoms with E-state index in [2.05, 4.69) is 25.6 Å². The van der Waals surface area contributed by atoms with Crippen molar-refractivity contribution < 1.29 is 0 Å². The van der Waals surface area contributed by atoms with Crippen molar-refractivity contribution in [1.82, 2.24) is 19.5 Å². The number of hydrogen-bond donors (Lipinski definition) is 2. The SMILES string of the molecule is CCNc1cc(NCCc2nccn2C)ncn1. The van der Waals surface area contributed by atoms with Crippen molar-refractivity contribution in [3.8, 4) is 0 Å². The van der Waals surface area contributed by atoms with E-state index in [-0.39, 0.29) is 0 Å². The zero-order valence-electron chi connectivity index (χ0n) is 10.7. The molecular weight excluding hydrogens is 228 g/mol. The lowest BCUT2D eigenvalue weighted by atomic mass is 10.4. The quantitative estimate of drug-likeness (QED) is 0.804. The molecule has 0 atom stereocenters. The normalized spacial score (nSPS) is 10.3. The molecule has 0 aliphatic heterocycles. The zero-order chi connectivity index (χ0) is 12.8. The summed E-state index contributed by atoms with van der Waals surface area (Å²) in [6, 6.07) is 1.90. The molecule has 0 unspecified atom stereocenters. The number of imidazole rings is 1. The van der Waals surface area contributed by atoms with Gasteiger partial charge in [0, 0.05) is 45.0 Å². The zero-order valence-corrected chi connectivity index (χ0v) is 10.7. The van der Waals surface area contributed by atoms with Crippen LogP contribution in [0.5, 0.6) is 0 Å². The second-order valence-electron chi connectivity index (χ2n) is 3.95. The molecule has 2 rings (SSSR count). The highest BCUT2D eigenvalue weighted by molar-refractivity contribution is 5.46. The Balaban J connectivity index is 1.86. The van der Waals surface area contributed by atoms with Gasteiger partial charge in [0.1, 0.15) is 23.8 Å². The van der Waals surface area contributed by atoms with E-state index in [0.717, 1.165) is 37.0 Å². The lowest BCUT2D eigenvalue weighted by Gasteiger charge is -2.07. The fourth-order valence-corrected chi connectivity index (χ4v) is 1.67. The second kappa shape index (κ2) is 6.00. The number of hydrogen-bond acceptors (Lipinski definition) is 5. The van der Waals surface area contributed by atoms with E-state index in [9.17, 15) is 0 Å². The molecule has 18 heavy (non-hydrogen) atoms. The van der Waals surface area contributed by atoms with Gasteiger partial charge in [-0.3, -0.25) is 0 Å². The largest absolute Gasteiger partial charge is 0.370 e. The Morgan fingerprint density at radius 2 is 1.94 bits per heavy atom. The first-order valence-corrected chi connectivity index (χ1v) is 6.05. The fourth-order valence-electron chi connectivity index (χ4n) is 1.67. The predicted octanol–water partition coefficient (Wildman–Crippen LogP) is 1.30. The lowest BCUT2D eigenvalue weighted by molar-refractivity contribution is 0.788. The summed E-state index contributed by atoms with van der Waals surface area (Å²) in [7, 11) is 2.00. The molecule has 0 aliphatic rings. The number of nitrogens with zero attached hydrogens (tertiary/aromatic N) is 4. The molecule has 0 aliphatic carbocycles. The maximum atomic E-state index is 4.27. The van der Waals surface area contributed by atoms with Crippen molar-refractivity contribution in [1.29, 1.82) is 0 Å². The molecule has 2 heterocycles. The molecule has 0 spiro atoms. The summed E-state index contributed by atoms with van der Waals surface area (Å²) in [6.45, 7) is 3.69. The summed E-state index contributed by atoms with van der Waals surface area (Å²) < 4.78 is 2.02. The fraction of sp³-hybridized carbons (Fsp3) is 0.417. The van der Waals surface area contributed by atoms with Gasteiger partial charge >= 0.3 is 0 Å². The van der Waals surface area contributed by atoms with Gasteiger partial charge in [0.2, 0.25) is 0 Å². The van der Waals surface area contributed by atoms with Crippen molar-refractivity contribution in [2.24, 2.45) is 7.05 Å². The first-order chi connectivity index (χ1) is 8.79. The van der Waals surface area contributed by atoms with Crippen LogP contribution in [0.2, 0.25) is 0 Å². The molecule has 0 aromatic carbocycles. The molecule has 0 saturated heterocycles. The first-order valence-electron chi connectivity index (χ1n) is 6.05. The Hall–Kier alpha value is -2.11. The van der Waals surface area contributed by atoms with Crippen LogP contribution in [0.3, 0.4) is 0 Å². The molecule has 2 aromatic heterocycles. The minimum absolute atomic E-state index is 0.799. The number of nitrogens with one attached hydrogen (secondary N) is 2. The molecule has 96 valence electrons. The minimum Gasteiger partial charge on any atom is -0.370 e. The van der Waals surface area contributed by atoms with Gasteiger partial charge in [-0.15, -0.1) is 0 Å². The number of aryl methyl sites for hydroxylation is 1. The van der Waals surface area contributed by atoms with Crippen LogP contribution >= 0.6 is 0 Å². The van der Waals surface area contributed by atoms with Gasteiger partial charge < -0.3 is 15.2 Å². The predicted molar refractivity (Wildman–Crippen MR) is 71.6 cm³/mol. The van der Waals surface area contributed by atoms with Crippen molar-refractivity contribution in [2.75, 3.05) is 23.7 Å². The van der Waals surface area contributed by atoms with Crippen molar-refractivity contribution in [3.63, 3.8) is 0 Å². The molecule has 2 N–H and O–H groups in total. The summed E-state index contributed by atoms with van der Waals surface area (Å²) >= 11 is 0. The standard InChI is InChI=1S/C12H18N6/c1-3-13-10-8-11(17-9-16-10)14-5-4-12-15-6-7-18(12)2/h6-9H,3-5H2,1-2H3,(H2,13,14,16,17). The van der Waals surface area contributed by atoms with Crippen LogP contribution in [0.4, 0.5) is 11.6 Å². The maximum Gasteiger partial charge on any atom is 0.131 e. The third-order valence-electron chi connectivity index (χ3n) is 2.60. The third-order valence-corrected chi connectivity index (χ3v) is 2.60. The van der Waals surface area contributed by atoms with Crippen LogP contribution in [0.25, 0.3) is 0 Å². The lowest BCUT2D eigenvalue weighted by Crippen LogP contribution is -2.10. The summed E-state index contributed by atoms with van der Waals surface area (Å²) in [4.78, 5) is 12.6. The number of anilines is 2. The highest BCUT2D eigenvalue weighted by Crippen LogP contribution is 2.08. The van der Waals surface area contributed by atoms with Crippen molar-refractivity contribution in [2.45, 2.75) is 13.3 Å². The molecule has 0 fully saturated rings. The molecule has 2 aromatic rings. The van der Waals surface area contributed by atoms with Crippen LogP contribution in [0.1, 0.15) is 12.7 Å². The molecule has 0 radical (unpaired) electrons. The second-order valence-corrected chi connectivity index (χ2v) is 3.95. The van der Waals surface area contributed by atoms with E-state index in [1.807, 2.05) is 37.0 Å². The van der Waals surface area contributed by atoms with Gasteiger partial charge in [-0.05, 0) is 6.92 Å². The van der Waals surface area contributed by atoms with Crippen LogP contribution in [0, 0.1) is 0 Å². The van der Waals surface area contributed by atoms with Crippen molar-refractivity contribution in [3.05, 3.63) is 30.6 Å². The average Bonchev–Trinajstić information content (AvgIpc) is 2.76. The van der Waals surface area contributed by atoms with Gasteiger partial charge in [-0.1, -0.05) is 0 Å². The van der Waals surface area contributed by atoms with E-state index in [0.29, 0.717) is 0 Å². The number of aromatic nitrogens is 4. The highest BCUT2D eigenvalue weighted by Gasteiger charge is 2.00. The van der Waals surface area contributed by atoms with E-state index in [4.69, 9.17) is 0 Å². The van der Waals surface area contributed by atoms with Crippen LogP contribution in [-0.4, -0.2) is 32.6 Å². The van der Waals surface area contributed by atoms with E-state index in [1.54, 1.807) is 6.33 Å². The molecule has 6 heteroatoms. The monoisotopic (exact) mass is 246 g/mol. The number of rotatable bonds is 6. The topological polar surface area (TPSA) is 67.7 Å². The van der Waals surface area contributed by atoms with Crippen LogP contribution < -0.4 is 10.6 Å². The average molecular weight is 246 g/mol. The Kier molecular flexibility index (Phi) is 4.11. The van der Waals surface area contributed by atoms with Crippen LogP contribution in [0.15, 0.2) is 24.8 Å². The van der Waals surface area contributed by atoms with Gasteiger partial charge in [-0.25, -0.2) is 15.0 Å². The van der Waals surface area contributed by atoms with E-state index < -0.39 is 0 Å². The van der Waals surface area contributed by atoms with Gasteiger partial charge in [0.25, 0.3) is 0 Å². The molecule has 0 saturated carbocycles. The summed E-state index contributed by atoms with van der Waals surface area (Å²) in [5.74, 6) is 2.73. The first kappa shape index (κ1) is 12.3. The van der Waals surface area contributed by atoms with Gasteiger partial charge in [0.15, 0.2) is 0 Å². The summed E-state index contributed by atoms with van der Waals surface area (Å²) in [6.07, 6.45) is 6.18. The van der Waals surface area contributed by atoms with E-state index in [1.165, 1.54) is 0 Å². The Labute approximate surface area is 106 Å². The maximum absolute atomic E-state index is 4.27. The van der Waals surface area contributed by atoms with Gasteiger partial charge in [0.05, 0.1) is 0 Å². The third kappa shape index (κ3) is 3.19. The molecular formula is C12H18N6. The Morgan fingerprint density at radius 1 is 1.17 bits per heavy atom. The molecule has 0 bridgehead atoms. The molecule has 0 amide bonds. The molecule has 6 nitrogen and oxygen atoms in total. The Morgan fingerprint density at radius 3 is 2.61 bits per heavy atom. The van der Waals surface area contributed by atoms with Crippen molar-refractivity contribution >= 4 is 11.6 Å². The summed E-state index contributed by atoms with van der Waals surface area (Å²) in [5.41, 5.74) is 0. The highest BCUT2D eigenvalue weighted by atomic mass is 15.1. The van der Waals surface area contributed by atoms with E-state index >= 15 is 0 Å². The minimum atomic E-state index is 0.799. The van der Waals surface area contributed by atoms with Gasteiger partial charge in [-0.2, -0.15) is 0 Å². The summed E-state index contributed by atoms with van der Waals surface area (Å²) in [5, 5.41) is 6.42. The smallest absolute Gasteiger partial charge is 0.131 e. The Bertz CT molecular complexity index is 493.